The zero-order chi connectivity index (χ0) is 15.4. The lowest BCUT2D eigenvalue weighted by Crippen LogP contribution is -2.22. The molecular weight excluding hydrogens is 418 g/mol. The molecule has 21 heavy (non-hydrogen) atoms. The summed E-state index contributed by atoms with van der Waals surface area (Å²) in [5.41, 5.74) is 0.874. The standard InChI is InChI=1S/C15H15Br2NO2S/c1-3-20-15(19)14(13-8-12(17)9(2)21-13)18-11-6-4-10(16)5-7-11/h4-8,14,18H,3H2,1-2H3. The highest BCUT2D eigenvalue weighted by Crippen LogP contribution is 2.33. The number of ether oxygens (including phenoxy) is 1. The van der Waals surface area contributed by atoms with Gasteiger partial charge in [-0.3, -0.25) is 0 Å². The third kappa shape index (κ3) is 4.31. The summed E-state index contributed by atoms with van der Waals surface area (Å²) < 4.78 is 7.19. The monoisotopic (exact) mass is 431 g/mol. The van der Waals surface area contributed by atoms with E-state index in [-0.39, 0.29) is 5.97 Å². The van der Waals surface area contributed by atoms with Crippen molar-refractivity contribution in [2.75, 3.05) is 11.9 Å². The lowest BCUT2D eigenvalue weighted by atomic mass is 10.2. The zero-order valence-electron chi connectivity index (χ0n) is 11.7. The van der Waals surface area contributed by atoms with Crippen molar-refractivity contribution in [3.05, 3.63) is 49.0 Å². The van der Waals surface area contributed by atoms with E-state index < -0.39 is 6.04 Å². The van der Waals surface area contributed by atoms with Crippen LogP contribution in [0.2, 0.25) is 0 Å². The molecule has 0 radical (unpaired) electrons. The number of anilines is 1. The lowest BCUT2D eigenvalue weighted by Gasteiger charge is -2.17. The van der Waals surface area contributed by atoms with Crippen LogP contribution >= 0.6 is 43.2 Å². The highest BCUT2D eigenvalue weighted by molar-refractivity contribution is 9.10. The van der Waals surface area contributed by atoms with Gasteiger partial charge in [-0.05, 0) is 60.1 Å². The molecule has 0 aliphatic rings. The molecule has 0 saturated carbocycles. The van der Waals surface area contributed by atoms with Gasteiger partial charge in [0.05, 0.1) is 6.61 Å². The summed E-state index contributed by atoms with van der Waals surface area (Å²) in [6.07, 6.45) is 0. The molecule has 1 atom stereocenters. The largest absolute Gasteiger partial charge is 0.464 e. The van der Waals surface area contributed by atoms with Crippen LogP contribution in [-0.2, 0) is 9.53 Å². The van der Waals surface area contributed by atoms with Crippen LogP contribution in [0.1, 0.15) is 22.7 Å². The summed E-state index contributed by atoms with van der Waals surface area (Å²) in [4.78, 5) is 14.3. The average Bonchev–Trinajstić information content (AvgIpc) is 2.78. The lowest BCUT2D eigenvalue weighted by molar-refractivity contribution is -0.144. The third-order valence-corrected chi connectivity index (χ3v) is 5.57. The molecule has 3 nitrogen and oxygen atoms in total. The van der Waals surface area contributed by atoms with Crippen molar-refractivity contribution in [1.29, 1.82) is 0 Å². The van der Waals surface area contributed by atoms with Crippen LogP contribution < -0.4 is 5.32 Å². The van der Waals surface area contributed by atoms with Crippen molar-refractivity contribution in [3.63, 3.8) is 0 Å². The molecule has 0 saturated heterocycles. The number of hydrogen-bond donors (Lipinski definition) is 1. The minimum atomic E-state index is -0.499. The Morgan fingerprint density at radius 1 is 1.33 bits per heavy atom. The van der Waals surface area contributed by atoms with Gasteiger partial charge in [-0.1, -0.05) is 15.9 Å². The molecule has 2 rings (SSSR count). The molecule has 0 spiro atoms. The Morgan fingerprint density at radius 3 is 2.52 bits per heavy atom. The molecule has 0 fully saturated rings. The van der Waals surface area contributed by atoms with Gasteiger partial charge in [0.1, 0.15) is 0 Å². The molecule has 2 aromatic rings. The molecule has 1 aromatic heterocycles. The van der Waals surface area contributed by atoms with Crippen LogP contribution in [0, 0.1) is 6.92 Å². The van der Waals surface area contributed by atoms with Gasteiger partial charge in [-0.15, -0.1) is 11.3 Å². The second-order valence-electron chi connectivity index (χ2n) is 4.39. The van der Waals surface area contributed by atoms with E-state index in [1.807, 2.05) is 44.2 Å². The molecular formula is C15H15Br2NO2S. The highest BCUT2D eigenvalue weighted by Gasteiger charge is 2.24. The van der Waals surface area contributed by atoms with E-state index in [1.54, 1.807) is 11.3 Å². The minimum absolute atomic E-state index is 0.269. The Balaban J connectivity index is 2.27. The van der Waals surface area contributed by atoms with Crippen molar-refractivity contribution < 1.29 is 9.53 Å². The van der Waals surface area contributed by atoms with Crippen LogP contribution in [0.25, 0.3) is 0 Å². The number of carbonyl (C=O) groups excluding carboxylic acids is 1. The first-order valence-electron chi connectivity index (χ1n) is 6.45. The summed E-state index contributed by atoms with van der Waals surface area (Å²) in [5, 5.41) is 3.24. The number of thiophene rings is 1. The first-order valence-corrected chi connectivity index (χ1v) is 8.86. The third-order valence-electron chi connectivity index (χ3n) is 2.84. The molecule has 6 heteroatoms. The number of benzene rings is 1. The fourth-order valence-electron chi connectivity index (χ4n) is 1.81. The van der Waals surface area contributed by atoms with Crippen molar-refractivity contribution in [2.24, 2.45) is 0 Å². The first-order chi connectivity index (χ1) is 10.0. The van der Waals surface area contributed by atoms with Crippen LogP contribution in [0.5, 0.6) is 0 Å². The maximum atomic E-state index is 12.2. The number of carbonyl (C=O) groups is 1. The zero-order valence-corrected chi connectivity index (χ0v) is 15.6. The highest BCUT2D eigenvalue weighted by atomic mass is 79.9. The van der Waals surface area contributed by atoms with Crippen molar-refractivity contribution in [2.45, 2.75) is 19.9 Å². The van der Waals surface area contributed by atoms with Crippen LogP contribution in [-0.4, -0.2) is 12.6 Å². The van der Waals surface area contributed by atoms with Gasteiger partial charge in [0.15, 0.2) is 6.04 Å². The molecule has 0 amide bonds. The minimum Gasteiger partial charge on any atom is -0.464 e. The molecule has 1 aromatic carbocycles. The number of aryl methyl sites for hydroxylation is 1. The summed E-state index contributed by atoms with van der Waals surface area (Å²) in [7, 11) is 0. The molecule has 0 aliphatic heterocycles. The average molecular weight is 433 g/mol. The Labute approximate surface area is 145 Å². The van der Waals surface area contributed by atoms with E-state index in [2.05, 4.69) is 37.2 Å². The molecule has 1 N–H and O–H groups in total. The van der Waals surface area contributed by atoms with Gasteiger partial charge in [-0.25, -0.2) is 4.79 Å². The Bertz CT molecular complexity index is 606. The predicted molar refractivity (Wildman–Crippen MR) is 93.9 cm³/mol. The van der Waals surface area contributed by atoms with Gasteiger partial charge in [0.25, 0.3) is 0 Å². The maximum absolute atomic E-state index is 12.2. The van der Waals surface area contributed by atoms with E-state index in [1.165, 1.54) is 0 Å². The predicted octanol–water partition coefficient (Wildman–Crippen LogP) is 5.30. The summed E-state index contributed by atoms with van der Waals surface area (Å²) in [6, 6.07) is 9.17. The Kier molecular flexibility index (Phi) is 5.84. The van der Waals surface area contributed by atoms with Crippen LogP contribution in [0.4, 0.5) is 5.69 Å². The SMILES string of the molecule is CCOC(=O)C(Nc1ccc(Br)cc1)c1cc(Br)c(C)s1. The fraction of sp³-hybridized carbons (Fsp3) is 0.267. The van der Waals surface area contributed by atoms with Crippen molar-refractivity contribution >= 4 is 54.9 Å². The Morgan fingerprint density at radius 2 is 2.00 bits per heavy atom. The molecule has 112 valence electrons. The first kappa shape index (κ1) is 16.5. The van der Waals surface area contributed by atoms with Gasteiger partial charge in [0.2, 0.25) is 0 Å². The molecule has 0 aliphatic carbocycles. The Hall–Kier alpha value is -0.850. The van der Waals surface area contributed by atoms with Crippen LogP contribution in [0.15, 0.2) is 39.3 Å². The summed E-state index contributed by atoms with van der Waals surface area (Å²) in [6.45, 7) is 4.19. The topological polar surface area (TPSA) is 38.3 Å². The van der Waals surface area contributed by atoms with Gasteiger partial charge < -0.3 is 10.1 Å². The second kappa shape index (κ2) is 7.42. The number of esters is 1. The normalized spacial score (nSPS) is 12.0. The number of halogens is 2. The molecule has 1 unspecified atom stereocenters. The summed E-state index contributed by atoms with van der Waals surface area (Å²) >= 11 is 8.47. The van der Waals surface area contributed by atoms with E-state index in [9.17, 15) is 4.79 Å². The van der Waals surface area contributed by atoms with Gasteiger partial charge >= 0.3 is 5.97 Å². The number of hydrogen-bond acceptors (Lipinski definition) is 4. The number of rotatable bonds is 5. The van der Waals surface area contributed by atoms with Crippen molar-refractivity contribution in [1.82, 2.24) is 0 Å². The summed E-state index contributed by atoms with van der Waals surface area (Å²) in [5.74, 6) is -0.269. The van der Waals surface area contributed by atoms with Crippen LogP contribution in [0.3, 0.4) is 0 Å². The second-order valence-corrected chi connectivity index (χ2v) is 7.45. The van der Waals surface area contributed by atoms with E-state index >= 15 is 0 Å². The van der Waals surface area contributed by atoms with Gasteiger partial charge in [0, 0.05) is 24.4 Å². The molecule has 1 heterocycles. The smallest absolute Gasteiger partial charge is 0.334 e. The quantitative estimate of drug-likeness (QED) is 0.651. The fourth-order valence-corrected chi connectivity index (χ4v) is 3.67. The van der Waals surface area contributed by atoms with Gasteiger partial charge in [-0.2, -0.15) is 0 Å². The maximum Gasteiger partial charge on any atom is 0.334 e. The molecule has 0 bridgehead atoms. The van der Waals surface area contributed by atoms with E-state index in [0.29, 0.717) is 6.61 Å². The van der Waals surface area contributed by atoms with Crippen molar-refractivity contribution in [3.8, 4) is 0 Å². The van der Waals surface area contributed by atoms with E-state index in [4.69, 9.17) is 4.74 Å². The number of nitrogens with one attached hydrogen (secondary N) is 1. The van der Waals surface area contributed by atoms with E-state index in [0.717, 1.165) is 24.4 Å².